The van der Waals surface area contributed by atoms with E-state index in [1.807, 2.05) is 23.6 Å². The molecular weight excluding hydrogens is 411 g/mol. The Morgan fingerprint density at radius 1 is 1.55 bits per heavy atom. The van der Waals surface area contributed by atoms with Crippen LogP contribution in [0.4, 0.5) is 10.8 Å². The van der Waals surface area contributed by atoms with E-state index in [1.54, 1.807) is 6.92 Å². The van der Waals surface area contributed by atoms with Gasteiger partial charge in [-0.1, -0.05) is 11.6 Å². The van der Waals surface area contributed by atoms with Crippen molar-refractivity contribution in [1.29, 1.82) is 0 Å². The summed E-state index contributed by atoms with van der Waals surface area (Å²) in [5.41, 5.74) is 1.49. The number of nitrogens with zero attached hydrogens (tertiary/aromatic N) is 1. The number of rotatable bonds is 5. The number of anilines is 2. The van der Waals surface area contributed by atoms with E-state index in [4.69, 9.17) is 16.3 Å². The summed E-state index contributed by atoms with van der Waals surface area (Å²) in [6.07, 6.45) is 0.187. The molecule has 7 heteroatoms. The zero-order valence-electron chi connectivity index (χ0n) is 10.7. The van der Waals surface area contributed by atoms with Gasteiger partial charge in [0, 0.05) is 8.95 Å². The topological polar surface area (TPSA) is 51.2 Å². The minimum Gasteiger partial charge on any atom is -0.466 e. The van der Waals surface area contributed by atoms with E-state index in [9.17, 15) is 4.79 Å². The van der Waals surface area contributed by atoms with Crippen molar-refractivity contribution in [2.75, 3.05) is 11.9 Å². The summed E-state index contributed by atoms with van der Waals surface area (Å²) in [5, 5.41) is 6.32. The molecule has 0 fully saturated rings. The van der Waals surface area contributed by atoms with E-state index in [2.05, 4.69) is 32.9 Å². The molecule has 1 aromatic heterocycles. The fourth-order valence-electron chi connectivity index (χ4n) is 1.51. The van der Waals surface area contributed by atoms with Crippen molar-refractivity contribution < 1.29 is 9.53 Å². The first-order valence-electron chi connectivity index (χ1n) is 5.90. The quantitative estimate of drug-likeness (QED) is 0.578. The molecule has 1 aromatic carbocycles. The van der Waals surface area contributed by atoms with E-state index < -0.39 is 0 Å². The molecule has 0 saturated carbocycles. The van der Waals surface area contributed by atoms with Gasteiger partial charge in [0.1, 0.15) is 0 Å². The number of esters is 1. The molecule has 106 valence electrons. The lowest BCUT2D eigenvalue weighted by atomic mass is 10.3. The Kier molecular flexibility index (Phi) is 5.62. The first-order chi connectivity index (χ1) is 9.58. The summed E-state index contributed by atoms with van der Waals surface area (Å²) in [6, 6.07) is 5.73. The Hall–Kier alpha value is -0.860. The molecule has 4 nitrogen and oxygen atoms in total. The fraction of sp³-hybridized carbons (Fsp3) is 0.231. The van der Waals surface area contributed by atoms with Crippen LogP contribution in [-0.2, 0) is 16.0 Å². The second-order valence-corrected chi connectivity index (χ2v) is 6.39. The molecule has 0 amide bonds. The minimum absolute atomic E-state index is 0.187. The zero-order chi connectivity index (χ0) is 14.5. The van der Waals surface area contributed by atoms with Gasteiger partial charge >= 0.3 is 5.97 Å². The van der Waals surface area contributed by atoms with Gasteiger partial charge in [-0.3, -0.25) is 4.79 Å². The number of hydrogen-bond donors (Lipinski definition) is 1. The highest BCUT2D eigenvalue weighted by Crippen LogP contribution is 2.28. The number of thiazole rings is 1. The molecule has 1 N–H and O–H groups in total. The number of hydrogen-bond acceptors (Lipinski definition) is 5. The SMILES string of the molecule is CCOC(=O)Cc1csc(Nc2ccc(I)cc2Cl)n1. The van der Waals surface area contributed by atoms with Crippen LogP contribution in [0.25, 0.3) is 0 Å². The van der Waals surface area contributed by atoms with Crippen molar-refractivity contribution in [3.8, 4) is 0 Å². The van der Waals surface area contributed by atoms with Crippen LogP contribution in [0.15, 0.2) is 23.6 Å². The number of halogens is 2. The van der Waals surface area contributed by atoms with Crippen LogP contribution in [0.3, 0.4) is 0 Å². The van der Waals surface area contributed by atoms with Crippen LogP contribution in [0.5, 0.6) is 0 Å². The molecule has 0 unspecified atom stereocenters. The molecule has 0 aliphatic heterocycles. The normalized spacial score (nSPS) is 10.3. The van der Waals surface area contributed by atoms with Crippen LogP contribution < -0.4 is 5.32 Å². The molecule has 2 rings (SSSR count). The van der Waals surface area contributed by atoms with Crippen LogP contribution in [0, 0.1) is 3.57 Å². The monoisotopic (exact) mass is 422 g/mol. The van der Waals surface area contributed by atoms with Gasteiger partial charge in [-0.25, -0.2) is 4.98 Å². The molecule has 0 atom stereocenters. The fourth-order valence-corrected chi connectivity index (χ4v) is 3.14. The van der Waals surface area contributed by atoms with Crippen molar-refractivity contribution in [2.24, 2.45) is 0 Å². The highest BCUT2D eigenvalue weighted by molar-refractivity contribution is 14.1. The van der Waals surface area contributed by atoms with Gasteiger partial charge in [-0.2, -0.15) is 0 Å². The van der Waals surface area contributed by atoms with E-state index in [1.165, 1.54) is 11.3 Å². The maximum atomic E-state index is 11.4. The van der Waals surface area contributed by atoms with Gasteiger partial charge in [0.05, 0.1) is 29.4 Å². The first-order valence-corrected chi connectivity index (χ1v) is 8.24. The highest BCUT2D eigenvalue weighted by Gasteiger charge is 2.09. The summed E-state index contributed by atoms with van der Waals surface area (Å²) >= 11 is 9.78. The third kappa shape index (κ3) is 4.32. The average molecular weight is 423 g/mol. The predicted octanol–water partition coefficient (Wildman–Crippen LogP) is 4.25. The molecule has 0 bridgehead atoms. The number of carbonyl (C=O) groups is 1. The molecule has 0 radical (unpaired) electrons. The van der Waals surface area contributed by atoms with E-state index >= 15 is 0 Å². The minimum atomic E-state index is -0.267. The van der Waals surface area contributed by atoms with Gasteiger partial charge in [0.2, 0.25) is 0 Å². The van der Waals surface area contributed by atoms with E-state index in [-0.39, 0.29) is 12.4 Å². The predicted molar refractivity (Wildman–Crippen MR) is 89.9 cm³/mol. The molecule has 2 aromatic rings. The van der Waals surface area contributed by atoms with Gasteiger partial charge < -0.3 is 10.1 Å². The maximum Gasteiger partial charge on any atom is 0.311 e. The molecule has 0 aliphatic carbocycles. The number of nitrogens with one attached hydrogen (secondary N) is 1. The smallest absolute Gasteiger partial charge is 0.311 e. The summed E-state index contributed by atoms with van der Waals surface area (Å²) in [5.74, 6) is -0.267. The number of ether oxygens (including phenoxy) is 1. The number of benzene rings is 1. The van der Waals surface area contributed by atoms with Crippen molar-refractivity contribution in [3.05, 3.63) is 37.9 Å². The molecule has 0 saturated heterocycles. The Bertz CT molecular complexity index is 618. The lowest BCUT2D eigenvalue weighted by Gasteiger charge is -2.05. The largest absolute Gasteiger partial charge is 0.466 e. The maximum absolute atomic E-state index is 11.4. The number of carbonyl (C=O) groups excluding carboxylic acids is 1. The molecule has 1 heterocycles. The average Bonchev–Trinajstić information content (AvgIpc) is 2.80. The number of aromatic nitrogens is 1. The van der Waals surface area contributed by atoms with Crippen molar-refractivity contribution in [3.63, 3.8) is 0 Å². The lowest BCUT2D eigenvalue weighted by Crippen LogP contribution is -2.07. The Labute approximate surface area is 139 Å². The highest BCUT2D eigenvalue weighted by atomic mass is 127. The molecule has 20 heavy (non-hydrogen) atoms. The third-order valence-electron chi connectivity index (χ3n) is 2.36. The van der Waals surface area contributed by atoms with Crippen molar-refractivity contribution >= 4 is 62.3 Å². The summed E-state index contributed by atoms with van der Waals surface area (Å²) in [6.45, 7) is 2.16. The second-order valence-electron chi connectivity index (χ2n) is 3.87. The van der Waals surface area contributed by atoms with Crippen LogP contribution >= 0.6 is 45.5 Å². The molecule has 0 aliphatic rings. The summed E-state index contributed by atoms with van der Waals surface area (Å²) in [7, 11) is 0. The van der Waals surface area contributed by atoms with Gasteiger partial charge in [-0.05, 0) is 47.7 Å². The Morgan fingerprint density at radius 3 is 3.05 bits per heavy atom. The first kappa shape index (κ1) is 15.5. The van der Waals surface area contributed by atoms with Gasteiger partial charge in [0.25, 0.3) is 0 Å². The van der Waals surface area contributed by atoms with E-state index in [0.29, 0.717) is 22.5 Å². The molecular formula is C13H12ClIN2O2S. The van der Waals surface area contributed by atoms with Crippen molar-refractivity contribution in [1.82, 2.24) is 4.98 Å². The van der Waals surface area contributed by atoms with E-state index in [0.717, 1.165) is 9.26 Å². The van der Waals surface area contributed by atoms with Crippen LogP contribution in [-0.4, -0.2) is 17.6 Å². The van der Waals surface area contributed by atoms with Gasteiger partial charge in [0.15, 0.2) is 5.13 Å². The van der Waals surface area contributed by atoms with Gasteiger partial charge in [-0.15, -0.1) is 11.3 Å². The van der Waals surface area contributed by atoms with Crippen LogP contribution in [0.1, 0.15) is 12.6 Å². The zero-order valence-corrected chi connectivity index (χ0v) is 14.4. The second kappa shape index (κ2) is 7.24. The van der Waals surface area contributed by atoms with Crippen molar-refractivity contribution in [2.45, 2.75) is 13.3 Å². The summed E-state index contributed by atoms with van der Waals surface area (Å²) in [4.78, 5) is 15.7. The Morgan fingerprint density at radius 2 is 2.35 bits per heavy atom. The Balaban J connectivity index is 2.04. The lowest BCUT2D eigenvalue weighted by molar-refractivity contribution is -0.142. The standard InChI is InChI=1S/C13H12ClIN2O2S/c1-2-19-12(18)6-9-7-20-13(16-9)17-11-4-3-8(15)5-10(11)14/h3-5,7H,2,6H2,1H3,(H,16,17). The summed E-state index contributed by atoms with van der Waals surface area (Å²) < 4.78 is 5.96. The molecule has 0 spiro atoms. The van der Waals surface area contributed by atoms with Crippen LogP contribution in [0.2, 0.25) is 5.02 Å². The third-order valence-corrected chi connectivity index (χ3v) is 4.15.